The number of aromatic hydroxyl groups is 1. The second-order valence-corrected chi connectivity index (χ2v) is 4.19. The molecule has 0 atom stereocenters. The van der Waals surface area contributed by atoms with E-state index in [9.17, 15) is 13.9 Å². The number of nitrogens with two attached hydrogens (primary N) is 1. The van der Waals surface area contributed by atoms with Crippen LogP contribution in [0.3, 0.4) is 0 Å². The van der Waals surface area contributed by atoms with Crippen LogP contribution < -0.4 is 5.73 Å². The van der Waals surface area contributed by atoms with Crippen LogP contribution in [0.1, 0.15) is 36.0 Å². The van der Waals surface area contributed by atoms with Gasteiger partial charge in [0.25, 0.3) is 6.43 Å². The summed E-state index contributed by atoms with van der Waals surface area (Å²) in [6.45, 7) is 1.61. The number of rotatable bonds is 2. The molecule has 0 saturated heterocycles. The summed E-state index contributed by atoms with van der Waals surface area (Å²) in [7, 11) is 0. The molecule has 15 heavy (non-hydrogen) atoms. The fraction of sp³-hybridized carbons (Fsp3) is 0.455. The van der Waals surface area contributed by atoms with Gasteiger partial charge in [-0.3, -0.25) is 0 Å². The van der Waals surface area contributed by atoms with Gasteiger partial charge in [0.05, 0.1) is 5.56 Å². The summed E-state index contributed by atoms with van der Waals surface area (Å²) in [5.74, 6) is -0.321. The van der Waals surface area contributed by atoms with Crippen LogP contribution in [0.2, 0.25) is 0 Å². The molecular formula is C11H13F2NO. The molecule has 82 valence electrons. The van der Waals surface area contributed by atoms with E-state index in [2.05, 4.69) is 0 Å². The Morgan fingerprint density at radius 3 is 2.47 bits per heavy atom. The number of phenolic OH excluding ortho intramolecular Hbond substituents is 1. The highest BCUT2D eigenvalue weighted by Crippen LogP contribution is 2.45. The van der Waals surface area contributed by atoms with Gasteiger partial charge >= 0.3 is 0 Å². The van der Waals surface area contributed by atoms with Gasteiger partial charge in [-0.1, -0.05) is 6.07 Å². The van der Waals surface area contributed by atoms with E-state index < -0.39 is 12.0 Å². The lowest BCUT2D eigenvalue weighted by Crippen LogP contribution is -2.19. The van der Waals surface area contributed by atoms with Crippen LogP contribution in [0.15, 0.2) is 12.1 Å². The number of benzene rings is 1. The molecule has 2 rings (SSSR count). The van der Waals surface area contributed by atoms with Gasteiger partial charge in [0, 0.05) is 5.54 Å². The first-order valence-corrected chi connectivity index (χ1v) is 4.85. The lowest BCUT2D eigenvalue weighted by molar-refractivity contribution is 0.147. The van der Waals surface area contributed by atoms with E-state index in [1.54, 1.807) is 13.0 Å². The highest BCUT2D eigenvalue weighted by atomic mass is 19.3. The Bertz CT molecular complexity index is 400. The van der Waals surface area contributed by atoms with Crippen molar-refractivity contribution in [2.45, 2.75) is 31.7 Å². The van der Waals surface area contributed by atoms with Crippen molar-refractivity contribution in [3.63, 3.8) is 0 Å². The number of aryl methyl sites for hydroxylation is 1. The van der Waals surface area contributed by atoms with E-state index in [-0.39, 0.29) is 11.3 Å². The highest BCUT2D eigenvalue weighted by molar-refractivity contribution is 5.47. The van der Waals surface area contributed by atoms with Crippen LogP contribution in [-0.2, 0) is 5.54 Å². The molecule has 1 fully saturated rings. The van der Waals surface area contributed by atoms with Gasteiger partial charge in [-0.25, -0.2) is 8.78 Å². The summed E-state index contributed by atoms with van der Waals surface area (Å²) in [5, 5.41) is 9.46. The van der Waals surface area contributed by atoms with Crippen molar-refractivity contribution in [1.29, 1.82) is 0 Å². The van der Waals surface area contributed by atoms with Crippen LogP contribution in [0.5, 0.6) is 5.75 Å². The molecule has 0 heterocycles. The maximum Gasteiger partial charge on any atom is 0.267 e. The molecule has 1 aromatic carbocycles. The fourth-order valence-corrected chi connectivity index (χ4v) is 1.68. The van der Waals surface area contributed by atoms with Crippen LogP contribution in [0.25, 0.3) is 0 Å². The van der Waals surface area contributed by atoms with Crippen molar-refractivity contribution >= 4 is 0 Å². The third kappa shape index (κ3) is 1.69. The summed E-state index contributed by atoms with van der Waals surface area (Å²) in [6.07, 6.45) is -1.02. The minimum atomic E-state index is -2.66. The normalized spacial score (nSPS) is 18.2. The van der Waals surface area contributed by atoms with Crippen LogP contribution in [-0.4, -0.2) is 5.11 Å². The zero-order chi connectivity index (χ0) is 11.2. The number of hydrogen-bond donors (Lipinski definition) is 2. The SMILES string of the molecule is Cc1cc(C2(N)CC2)cc(C(F)F)c1O. The summed E-state index contributed by atoms with van der Waals surface area (Å²) in [4.78, 5) is 0. The molecule has 0 amide bonds. The van der Waals surface area contributed by atoms with Crippen molar-refractivity contribution in [2.75, 3.05) is 0 Å². The van der Waals surface area contributed by atoms with Gasteiger partial charge in [0.15, 0.2) is 0 Å². The van der Waals surface area contributed by atoms with Gasteiger partial charge in [-0.05, 0) is 37.0 Å². The molecular weight excluding hydrogens is 200 g/mol. The number of alkyl halides is 2. The first kappa shape index (κ1) is 10.4. The molecule has 1 aliphatic rings. The van der Waals surface area contributed by atoms with Gasteiger partial charge < -0.3 is 10.8 Å². The standard InChI is InChI=1S/C11H13F2NO/c1-6-4-7(11(14)2-3-11)5-8(9(6)15)10(12)13/h4-5,10,15H,2-3,14H2,1H3. The molecule has 0 spiro atoms. The lowest BCUT2D eigenvalue weighted by atomic mass is 9.99. The molecule has 1 aliphatic carbocycles. The first-order chi connectivity index (χ1) is 6.94. The van der Waals surface area contributed by atoms with Crippen molar-refractivity contribution in [3.8, 4) is 5.75 Å². The second kappa shape index (κ2) is 3.17. The largest absolute Gasteiger partial charge is 0.507 e. The van der Waals surface area contributed by atoms with Crippen LogP contribution >= 0.6 is 0 Å². The Labute approximate surface area is 86.7 Å². The number of phenols is 1. The molecule has 2 nitrogen and oxygen atoms in total. The predicted octanol–water partition coefficient (Wildman–Crippen LogP) is 2.59. The van der Waals surface area contributed by atoms with Crippen molar-refractivity contribution in [2.24, 2.45) is 5.73 Å². The summed E-state index contributed by atoms with van der Waals surface area (Å²) < 4.78 is 25.2. The molecule has 3 N–H and O–H groups in total. The van der Waals surface area contributed by atoms with Crippen molar-refractivity contribution in [1.82, 2.24) is 0 Å². The van der Waals surface area contributed by atoms with Gasteiger partial charge in [0.2, 0.25) is 0 Å². The zero-order valence-corrected chi connectivity index (χ0v) is 8.43. The Morgan fingerprint density at radius 1 is 1.40 bits per heavy atom. The van der Waals surface area contributed by atoms with E-state index in [1.165, 1.54) is 6.07 Å². The van der Waals surface area contributed by atoms with E-state index in [4.69, 9.17) is 5.73 Å². The maximum absolute atomic E-state index is 12.6. The van der Waals surface area contributed by atoms with Gasteiger partial charge in [-0.15, -0.1) is 0 Å². The van der Waals surface area contributed by atoms with E-state index in [0.29, 0.717) is 11.1 Å². The minimum Gasteiger partial charge on any atom is -0.507 e. The summed E-state index contributed by atoms with van der Waals surface area (Å²) in [6, 6.07) is 3.01. The first-order valence-electron chi connectivity index (χ1n) is 4.85. The third-order valence-electron chi connectivity index (χ3n) is 2.93. The topological polar surface area (TPSA) is 46.2 Å². The Kier molecular flexibility index (Phi) is 2.19. The smallest absolute Gasteiger partial charge is 0.267 e. The number of halogens is 2. The van der Waals surface area contributed by atoms with Gasteiger partial charge in [0.1, 0.15) is 5.75 Å². The Hall–Kier alpha value is -1.16. The van der Waals surface area contributed by atoms with E-state index in [1.807, 2.05) is 0 Å². The zero-order valence-electron chi connectivity index (χ0n) is 8.43. The fourth-order valence-electron chi connectivity index (χ4n) is 1.68. The Morgan fingerprint density at radius 2 is 2.00 bits per heavy atom. The lowest BCUT2D eigenvalue weighted by Gasteiger charge is -2.14. The monoisotopic (exact) mass is 213 g/mol. The molecule has 4 heteroatoms. The molecule has 0 radical (unpaired) electrons. The van der Waals surface area contributed by atoms with Crippen LogP contribution in [0.4, 0.5) is 8.78 Å². The Balaban J connectivity index is 2.51. The molecule has 0 unspecified atom stereocenters. The average molecular weight is 213 g/mol. The molecule has 1 saturated carbocycles. The second-order valence-electron chi connectivity index (χ2n) is 4.19. The van der Waals surface area contributed by atoms with Crippen molar-refractivity contribution < 1.29 is 13.9 Å². The predicted molar refractivity (Wildman–Crippen MR) is 52.9 cm³/mol. The molecule has 0 bridgehead atoms. The summed E-state index contributed by atoms with van der Waals surface area (Å²) >= 11 is 0. The van der Waals surface area contributed by atoms with Crippen molar-refractivity contribution in [3.05, 3.63) is 28.8 Å². The highest BCUT2D eigenvalue weighted by Gasteiger charge is 2.40. The number of hydrogen-bond acceptors (Lipinski definition) is 2. The van der Waals surface area contributed by atoms with E-state index >= 15 is 0 Å². The quantitative estimate of drug-likeness (QED) is 0.793. The maximum atomic E-state index is 12.6. The molecule has 1 aromatic rings. The van der Waals surface area contributed by atoms with E-state index in [0.717, 1.165) is 12.8 Å². The van der Waals surface area contributed by atoms with Crippen LogP contribution in [0, 0.1) is 6.92 Å². The third-order valence-corrected chi connectivity index (χ3v) is 2.93. The average Bonchev–Trinajstić information content (AvgIpc) is 2.89. The molecule has 0 aromatic heterocycles. The molecule has 0 aliphatic heterocycles. The minimum absolute atomic E-state index is 0.318. The summed E-state index contributed by atoms with van der Waals surface area (Å²) in [5.41, 5.74) is 6.33. The van der Waals surface area contributed by atoms with Gasteiger partial charge in [-0.2, -0.15) is 0 Å².